The Morgan fingerprint density at radius 2 is 1.78 bits per heavy atom. The molecule has 2 heterocycles. The van der Waals surface area contributed by atoms with Gasteiger partial charge in [-0.25, -0.2) is 4.98 Å². The highest BCUT2D eigenvalue weighted by atomic mass is 32.2. The van der Waals surface area contributed by atoms with Crippen molar-refractivity contribution < 1.29 is 4.79 Å². The second kappa shape index (κ2) is 8.20. The monoisotopic (exact) mass is 447 g/mol. The van der Waals surface area contributed by atoms with E-state index in [4.69, 9.17) is 4.98 Å². The zero-order valence-corrected chi connectivity index (χ0v) is 18.5. The molecule has 0 radical (unpaired) electrons. The molecule has 3 aliphatic rings. The number of anilines is 3. The largest absolute Gasteiger partial charge is 0.326 e. The molecule has 0 atom stereocenters. The zero-order chi connectivity index (χ0) is 21.5. The van der Waals surface area contributed by atoms with Crippen LogP contribution in [0.5, 0.6) is 0 Å². The Morgan fingerprint density at radius 1 is 0.969 bits per heavy atom. The first kappa shape index (κ1) is 19.7. The maximum atomic E-state index is 11.9. The molecule has 0 bridgehead atoms. The van der Waals surface area contributed by atoms with Crippen molar-refractivity contribution in [2.45, 2.75) is 66.8 Å². The third-order valence-electron chi connectivity index (χ3n) is 6.24. The number of amides is 1. The van der Waals surface area contributed by atoms with Gasteiger partial charge in [0.2, 0.25) is 11.9 Å². The number of aromatic nitrogens is 5. The highest BCUT2D eigenvalue weighted by molar-refractivity contribution is 7.99. The van der Waals surface area contributed by atoms with Crippen LogP contribution in [0.1, 0.15) is 68.3 Å². The Hall–Kier alpha value is -2.94. The van der Waals surface area contributed by atoms with Crippen molar-refractivity contribution in [2.24, 2.45) is 5.92 Å². The minimum absolute atomic E-state index is 0.117. The number of hydrogen-bond acceptors (Lipinski definition) is 7. The van der Waals surface area contributed by atoms with Crippen molar-refractivity contribution in [3.63, 3.8) is 0 Å². The topological polar surface area (TPSA) is 108 Å². The molecule has 3 saturated carbocycles. The summed E-state index contributed by atoms with van der Waals surface area (Å²) in [6.07, 6.45) is 7.98. The van der Waals surface area contributed by atoms with E-state index in [1.165, 1.54) is 36.7 Å². The van der Waals surface area contributed by atoms with Crippen molar-refractivity contribution in [1.82, 2.24) is 25.1 Å². The maximum Gasteiger partial charge on any atom is 0.232 e. The summed E-state index contributed by atoms with van der Waals surface area (Å²) < 4.78 is 0. The van der Waals surface area contributed by atoms with E-state index >= 15 is 0 Å². The van der Waals surface area contributed by atoms with E-state index in [-0.39, 0.29) is 11.8 Å². The Bertz CT molecular complexity index is 1130. The number of aromatic amines is 1. The van der Waals surface area contributed by atoms with Crippen molar-refractivity contribution in [3.8, 4) is 0 Å². The molecule has 3 aliphatic carbocycles. The number of rotatable bonds is 8. The normalized spacial score (nSPS) is 18.2. The molecule has 1 aromatic carbocycles. The Labute approximate surface area is 190 Å². The Balaban J connectivity index is 1.17. The van der Waals surface area contributed by atoms with E-state index in [1.54, 1.807) is 0 Å². The molecule has 8 nitrogen and oxygen atoms in total. The van der Waals surface area contributed by atoms with Gasteiger partial charge in [-0.2, -0.15) is 15.1 Å². The molecular formula is C23H25N7OS. The van der Waals surface area contributed by atoms with Crippen LogP contribution in [0.2, 0.25) is 0 Å². The van der Waals surface area contributed by atoms with E-state index in [9.17, 15) is 4.79 Å². The second-order valence-electron chi connectivity index (χ2n) is 8.93. The predicted octanol–water partition coefficient (Wildman–Crippen LogP) is 4.98. The molecule has 0 unspecified atom stereocenters. The smallest absolute Gasteiger partial charge is 0.232 e. The molecule has 0 spiro atoms. The summed E-state index contributed by atoms with van der Waals surface area (Å²) in [6, 6.07) is 9.89. The summed E-state index contributed by atoms with van der Waals surface area (Å²) in [5, 5.41) is 14.4. The number of H-pyrrole nitrogens is 1. The van der Waals surface area contributed by atoms with Crippen molar-refractivity contribution in [2.75, 3.05) is 10.6 Å². The van der Waals surface area contributed by atoms with Crippen LogP contribution in [0.25, 0.3) is 0 Å². The van der Waals surface area contributed by atoms with Crippen LogP contribution >= 0.6 is 11.8 Å². The van der Waals surface area contributed by atoms with E-state index in [0.717, 1.165) is 47.9 Å². The quantitative estimate of drug-likeness (QED) is 0.447. The summed E-state index contributed by atoms with van der Waals surface area (Å²) in [6.45, 7) is 0. The fourth-order valence-corrected chi connectivity index (χ4v) is 4.50. The molecule has 3 fully saturated rings. The molecule has 0 aliphatic heterocycles. The van der Waals surface area contributed by atoms with Crippen LogP contribution in [0.15, 0.2) is 40.4 Å². The van der Waals surface area contributed by atoms with Crippen molar-refractivity contribution >= 4 is 35.1 Å². The second-order valence-corrected chi connectivity index (χ2v) is 9.97. The highest BCUT2D eigenvalue weighted by Crippen LogP contribution is 2.40. The summed E-state index contributed by atoms with van der Waals surface area (Å²) in [5.41, 5.74) is 2.00. The van der Waals surface area contributed by atoms with E-state index in [0.29, 0.717) is 22.9 Å². The van der Waals surface area contributed by atoms with Gasteiger partial charge in [-0.3, -0.25) is 9.89 Å². The third-order valence-corrected chi connectivity index (χ3v) is 7.11. The summed E-state index contributed by atoms with van der Waals surface area (Å²) in [7, 11) is 0. The van der Waals surface area contributed by atoms with Gasteiger partial charge >= 0.3 is 0 Å². The van der Waals surface area contributed by atoms with Gasteiger partial charge in [-0.15, -0.1) is 0 Å². The SMILES string of the molecule is O=C(Nc1ccc(Sc2nc(Nc3cc(C4CCC4)[nH]n3)nc(C3CC3)n2)cc1)C1CC1. The molecule has 32 heavy (non-hydrogen) atoms. The van der Waals surface area contributed by atoms with Crippen LogP contribution in [-0.4, -0.2) is 31.1 Å². The van der Waals surface area contributed by atoms with Gasteiger partial charge in [0.05, 0.1) is 0 Å². The van der Waals surface area contributed by atoms with Crippen LogP contribution < -0.4 is 10.6 Å². The average Bonchev–Trinajstić information content (AvgIpc) is 3.66. The highest BCUT2D eigenvalue weighted by Gasteiger charge is 2.30. The fourth-order valence-electron chi connectivity index (χ4n) is 3.74. The van der Waals surface area contributed by atoms with Crippen molar-refractivity contribution in [3.05, 3.63) is 41.9 Å². The molecule has 164 valence electrons. The molecule has 9 heteroatoms. The van der Waals surface area contributed by atoms with Crippen molar-refractivity contribution in [1.29, 1.82) is 0 Å². The zero-order valence-electron chi connectivity index (χ0n) is 17.7. The number of nitrogens with zero attached hydrogens (tertiary/aromatic N) is 4. The van der Waals surface area contributed by atoms with Gasteiger partial charge in [0.25, 0.3) is 0 Å². The fraction of sp³-hybridized carbons (Fsp3) is 0.435. The van der Waals surface area contributed by atoms with Gasteiger partial charge < -0.3 is 10.6 Å². The number of benzene rings is 1. The maximum absolute atomic E-state index is 11.9. The average molecular weight is 448 g/mol. The van der Waals surface area contributed by atoms with Crippen LogP contribution in [0.3, 0.4) is 0 Å². The third kappa shape index (κ3) is 4.48. The lowest BCUT2D eigenvalue weighted by Gasteiger charge is -2.23. The van der Waals surface area contributed by atoms with Crippen LogP contribution in [0, 0.1) is 5.92 Å². The standard InChI is InChI=1S/C23H25N7OS/c31-21(15-6-7-15)24-16-8-10-17(11-9-16)32-23-27-20(14-4-5-14)26-22(28-23)25-19-12-18(29-30-19)13-2-1-3-13/h8-15H,1-7H2,(H,24,31)(H2,25,26,27,28,29,30). The van der Waals surface area contributed by atoms with Gasteiger partial charge in [-0.1, -0.05) is 6.42 Å². The number of carbonyl (C=O) groups is 1. The van der Waals surface area contributed by atoms with Crippen LogP contribution in [0.4, 0.5) is 17.5 Å². The van der Waals surface area contributed by atoms with E-state index in [2.05, 4.69) is 36.9 Å². The Morgan fingerprint density at radius 3 is 2.47 bits per heavy atom. The van der Waals surface area contributed by atoms with Gasteiger partial charge in [0, 0.05) is 40.1 Å². The minimum Gasteiger partial charge on any atom is -0.326 e. The van der Waals surface area contributed by atoms with E-state index < -0.39 is 0 Å². The lowest BCUT2D eigenvalue weighted by molar-refractivity contribution is -0.117. The minimum atomic E-state index is 0.117. The van der Waals surface area contributed by atoms with E-state index in [1.807, 2.05) is 24.3 Å². The summed E-state index contributed by atoms with van der Waals surface area (Å²) in [5.74, 6) is 3.44. The summed E-state index contributed by atoms with van der Waals surface area (Å²) in [4.78, 5) is 26.9. The lowest BCUT2D eigenvalue weighted by Crippen LogP contribution is -2.12. The van der Waals surface area contributed by atoms with Crippen LogP contribution in [-0.2, 0) is 4.79 Å². The number of carbonyl (C=O) groups excluding carboxylic acids is 1. The first-order valence-corrected chi connectivity index (χ1v) is 12.2. The molecule has 6 rings (SSSR count). The van der Waals surface area contributed by atoms with Gasteiger partial charge in [0.1, 0.15) is 5.82 Å². The number of nitrogens with one attached hydrogen (secondary N) is 3. The molecule has 1 amide bonds. The Kier molecular flexibility index (Phi) is 5.05. The van der Waals surface area contributed by atoms with Gasteiger partial charge in [-0.05, 0) is 74.6 Å². The predicted molar refractivity (Wildman–Crippen MR) is 122 cm³/mol. The molecular weight excluding hydrogens is 422 g/mol. The molecule has 3 N–H and O–H groups in total. The first-order valence-electron chi connectivity index (χ1n) is 11.4. The molecule has 3 aromatic rings. The number of hydrogen-bond donors (Lipinski definition) is 3. The molecule has 2 aromatic heterocycles. The molecule has 0 saturated heterocycles. The summed E-state index contributed by atoms with van der Waals surface area (Å²) >= 11 is 1.50. The first-order chi connectivity index (χ1) is 15.7. The van der Waals surface area contributed by atoms with Gasteiger partial charge in [0.15, 0.2) is 11.0 Å². The lowest BCUT2D eigenvalue weighted by atomic mass is 9.83.